The lowest BCUT2D eigenvalue weighted by atomic mass is 9.68. The van der Waals surface area contributed by atoms with Crippen LogP contribution in [-0.2, 0) is 0 Å². The molecule has 1 rings (SSSR count). The maximum Gasteiger partial charge on any atom is 0.0830 e. The van der Waals surface area contributed by atoms with Crippen LogP contribution in [-0.4, -0.2) is 10.7 Å². The Morgan fingerprint density at radius 2 is 1.67 bits per heavy atom. The van der Waals surface area contributed by atoms with Gasteiger partial charge in [0.05, 0.1) is 5.60 Å². The highest BCUT2D eigenvalue weighted by atomic mass is 16.3. The highest BCUT2D eigenvalue weighted by molar-refractivity contribution is 5.08. The molecule has 1 aliphatic carbocycles. The second-order valence-corrected chi connectivity index (χ2v) is 6.47. The fraction of sp³-hybridized carbons (Fsp3) is 0.857. The number of aliphatic hydroxyl groups is 1. The van der Waals surface area contributed by atoms with E-state index in [0.717, 1.165) is 31.6 Å². The molecule has 1 fully saturated rings. The van der Waals surface area contributed by atoms with Gasteiger partial charge in [0.1, 0.15) is 0 Å². The molecule has 0 atom stereocenters. The molecule has 0 aromatic heterocycles. The van der Waals surface area contributed by atoms with E-state index in [-0.39, 0.29) is 0 Å². The molecule has 88 valence electrons. The van der Waals surface area contributed by atoms with Crippen LogP contribution >= 0.6 is 0 Å². The van der Waals surface area contributed by atoms with E-state index in [9.17, 15) is 5.11 Å². The van der Waals surface area contributed by atoms with Gasteiger partial charge in [-0.15, -0.1) is 0 Å². The van der Waals surface area contributed by atoms with Crippen molar-refractivity contribution in [1.29, 1.82) is 0 Å². The van der Waals surface area contributed by atoms with Gasteiger partial charge in [-0.3, -0.25) is 0 Å². The first kappa shape index (κ1) is 12.8. The lowest BCUT2D eigenvalue weighted by Gasteiger charge is -2.40. The molecule has 1 aliphatic rings. The lowest BCUT2D eigenvalue weighted by molar-refractivity contribution is 0.0131. The summed E-state index contributed by atoms with van der Waals surface area (Å²) in [7, 11) is 0. The van der Waals surface area contributed by atoms with E-state index in [0.29, 0.717) is 5.41 Å². The average molecular weight is 210 g/mol. The number of allylic oxidation sites excluding steroid dienone is 1. The SMILES string of the molecule is CC(C)=CC1(O)CCC(C(C)(C)C)CC1. The maximum atomic E-state index is 10.3. The Balaban J connectivity index is 2.59. The zero-order chi connectivity index (χ0) is 11.7. The van der Waals surface area contributed by atoms with Crippen molar-refractivity contribution in [2.75, 3.05) is 0 Å². The predicted octanol–water partition coefficient (Wildman–Crippen LogP) is 3.92. The molecule has 1 heteroatoms. The fourth-order valence-corrected chi connectivity index (χ4v) is 2.67. The standard InChI is InChI=1S/C14H26O/c1-11(2)10-14(15)8-6-12(7-9-14)13(3,4)5/h10,12,15H,6-9H2,1-5H3. The van der Waals surface area contributed by atoms with Crippen molar-refractivity contribution in [3.8, 4) is 0 Å². The molecule has 1 saturated carbocycles. The topological polar surface area (TPSA) is 20.2 Å². The quantitative estimate of drug-likeness (QED) is 0.650. The summed E-state index contributed by atoms with van der Waals surface area (Å²) in [5.41, 5.74) is 1.11. The van der Waals surface area contributed by atoms with Crippen LogP contribution in [0.5, 0.6) is 0 Å². The van der Waals surface area contributed by atoms with Crippen molar-refractivity contribution >= 4 is 0 Å². The van der Waals surface area contributed by atoms with Crippen molar-refractivity contribution in [1.82, 2.24) is 0 Å². The highest BCUT2D eigenvalue weighted by Crippen LogP contribution is 2.42. The molecular formula is C14H26O. The molecule has 0 aliphatic heterocycles. The molecule has 0 unspecified atom stereocenters. The summed E-state index contributed by atoms with van der Waals surface area (Å²) in [4.78, 5) is 0. The van der Waals surface area contributed by atoms with Gasteiger partial charge in [0, 0.05) is 0 Å². The first-order valence-corrected chi connectivity index (χ1v) is 6.11. The largest absolute Gasteiger partial charge is 0.386 e. The summed E-state index contributed by atoms with van der Waals surface area (Å²) < 4.78 is 0. The Morgan fingerprint density at radius 1 is 1.20 bits per heavy atom. The van der Waals surface area contributed by atoms with Gasteiger partial charge in [0.25, 0.3) is 0 Å². The average Bonchev–Trinajstić information content (AvgIpc) is 2.00. The summed E-state index contributed by atoms with van der Waals surface area (Å²) in [6, 6.07) is 0. The van der Waals surface area contributed by atoms with Crippen LogP contribution < -0.4 is 0 Å². The van der Waals surface area contributed by atoms with Crippen LogP contribution in [0.2, 0.25) is 0 Å². The van der Waals surface area contributed by atoms with Crippen molar-refractivity contribution in [2.45, 2.75) is 65.9 Å². The van der Waals surface area contributed by atoms with E-state index >= 15 is 0 Å². The Labute approximate surface area is 94.6 Å². The molecule has 0 aromatic carbocycles. The Bertz CT molecular complexity index is 233. The molecule has 0 bridgehead atoms. The third-order valence-corrected chi connectivity index (χ3v) is 3.63. The van der Waals surface area contributed by atoms with Gasteiger partial charge in [-0.1, -0.05) is 32.4 Å². The van der Waals surface area contributed by atoms with Gasteiger partial charge in [0.2, 0.25) is 0 Å². The lowest BCUT2D eigenvalue weighted by Crippen LogP contribution is -2.36. The van der Waals surface area contributed by atoms with E-state index in [2.05, 4.69) is 34.6 Å². The van der Waals surface area contributed by atoms with E-state index in [1.807, 2.05) is 6.08 Å². The van der Waals surface area contributed by atoms with Crippen molar-refractivity contribution in [3.05, 3.63) is 11.6 Å². The molecule has 0 radical (unpaired) electrons. The van der Waals surface area contributed by atoms with E-state index in [1.54, 1.807) is 0 Å². The third-order valence-electron chi connectivity index (χ3n) is 3.63. The smallest absolute Gasteiger partial charge is 0.0830 e. The van der Waals surface area contributed by atoms with Crippen molar-refractivity contribution < 1.29 is 5.11 Å². The molecule has 0 aromatic rings. The van der Waals surface area contributed by atoms with Gasteiger partial charge in [0.15, 0.2) is 0 Å². The van der Waals surface area contributed by atoms with Gasteiger partial charge < -0.3 is 5.11 Å². The Morgan fingerprint density at radius 3 is 2.00 bits per heavy atom. The van der Waals surface area contributed by atoms with Gasteiger partial charge >= 0.3 is 0 Å². The van der Waals surface area contributed by atoms with E-state index in [1.165, 1.54) is 5.57 Å². The summed E-state index contributed by atoms with van der Waals surface area (Å²) in [6.07, 6.45) is 6.22. The molecule has 15 heavy (non-hydrogen) atoms. The number of hydrogen-bond acceptors (Lipinski definition) is 1. The van der Waals surface area contributed by atoms with Crippen LogP contribution in [0, 0.1) is 11.3 Å². The van der Waals surface area contributed by atoms with Crippen LogP contribution in [0.3, 0.4) is 0 Å². The Hall–Kier alpha value is -0.300. The van der Waals surface area contributed by atoms with E-state index < -0.39 is 5.60 Å². The fourth-order valence-electron chi connectivity index (χ4n) is 2.67. The second kappa shape index (κ2) is 4.29. The van der Waals surface area contributed by atoms with Crippen LogP contribution in [0.1, 0.15) is 60.3 Å². The van der Waals surface area contributed by atoms with Gasteiger partial charge in [-0.25, -0.2) is 0 Å². The maximum absolute atomic E-state index is 10.3. The summed E-state index contributed by atoms with van der Waals surface area (Å²) in [5.74, 6) is 0.767. The Kier molecular flexibility index (Phi) is 3.65. The minimum Gasteiger partial charge on any atom is -0.386 e. The summed E-state index contributed by atoms with van der Waals surface area (Å²) >= 11 is 0. The van der Waals surface area contributed by atoms with Gasteiger partial charge in [-0.05, 0) is 50.9 Å². The normalized spacial score (nSPS) is 32.5. The van der Waals surface area contributed by atoms with Crippen LogP contribution in [0.4, 0.5) is 0 Å². The van der Waals surface area contributed by atoms with Crippen molar-refractivity contribution in [3.63, 3.8) is 0 Å². The molecule has 1 N–H and O–H groups in total. The first-order chi connectivity index (χ1) is 6.73. The zero-order valence-corrected chi connectivity index (χ0v) is 10.9. The van der Waals surface area contributed by atoms with E-state index in [4.69, 9.17) is 0 Å². The second-order valence-electron chi connectivity index (χ2n) is 6.47. The van der Waals surface area contributed by atoms with Crippen LogP contribution in [0.15, 0.2) is 11.6 Å². The molecular weight excluding hydrogens is 184 g/mol. The number of rotatable bonds is 1. The van der Waals surface area contributed by atoms with Crippen LogP contribution in [0.25, 0.3) is 0 Å². The van der Waals surface area contributed by atoms with Crippen molar-refractivity contribution in [2.24, 2.45) is 11.3 Å². The molecule has 0 spiro atoms. The van der Waals surface area contributed by atoms with Gasteiger partial charge in [-0.2, -0.15) is 0 Å². The molecule has 0 amide bonds. The predicted molar refractivity (Wildman–Crippen MR) is 65.8 cm³/mol. The highest BCUT2D eigenvalue weighted by Gasteiger charge is 2.35. The third kappa shape index (κ3) is 3.64. The minimum absolute atomic E-state index is 0.395. The molecule has 1 nitrogen and oxygen atoms in total. The summed E-state index contributed by atoms with van der Waals surface area (Å²) in [6.45, 7) is 11.1. The number of hydrogen-bond donors (Lipinski definition) is 1. The summed E-state index contributed by atoms with van der Waals surface area (Å²) in [5, 5.41) is 10.3. The monoisotopic (exact) mass is 210 g/mol. The molecule has 0 saturated heterocycles. The zero-order valence-electron chi connectivity index (χ0n) is 10.9. The first-order valence-electron chi connectivity index (χ1n) is 6.11. The molecule has 0 heterocycles. The minimum atomic E-state index is -0.513.